The summed E-state index contributed by atoms with van der Waals surface area (Å²) in [6.07, 6.45) is 3.51. The second-order valence-corrected chi connectivity index (χ2v) is 6.78. The Hall–Kier alpha value is -0.120. The van der Waals surface area contributed by atoms with Crippen LogP contribution in [0, 0.1) is 0 Å². The molecule has 0 radical (unpaired) electrons. The molecular formula is C19H42IN5O. The van der Waals surface area contributed by atoms with Crippen LogP contribution in [-0.4, -0.2) is 87.4 Å². The molecule has 26 heavy (non-hydrogen) atoms. The lowest BCUT2D eigenvalue weighted by Gasteiger charge is -2.26. The zero-order chi connectivity index (χ0) is 18.3. The molecule has 0 aromatic rings. The summed E-state index contributed by atoms with van der Waals surface area (Å²) in [5, 5.41) is 6.92. The van der Waals surface area contributed by atoms with Crippen LogP contribution in [0.4, 0.5) is 0 Å². The molecule has 1 aliphatic heterocycles. The normalized spacial score (nSPS) is 17.0. The fourth-order valence-electron chi connectivity index (χ4n) is 3.10. The van der Waals surface area contributed by atoms with Gasteiger partial charge in [0.15, 0.2) is 5.96 Å². The van der Waals surface area contributed by atoms with Gasteiger partial charge in [0.05, 0.1) is 13.2 Å². The molecule has 6 nitrogen and oxygen atoms in total. The van der Waals surface area contributed by atoms with Crippen LogP contribution in [0.3, 0.4) is 0 Å². The van der Waals surface area contributed by atoms with E-state index in [4.69, 9.17) is 9.73 Å². The van der Waals surface area contributed by atoms with E-state index in [-0.39, 0.29) is 24.0 Å². The van der Waals surface area contributed by atoms with E-state index in [1.807, 2.05) is 0 Å². The minimum Gasteiger partial charge on any atom is -0.379 e. The minimum atomic E-state index is 0. The van der Waals surface area contributed by atoms with Gasteiger partial charge in [-0.1, -0.05) is 13.8 Å². The van der Waals surface area contributed by atoms with Crippen molar-refractivity contribution in [3.8, 4) is 0 Å². The molecule has 1 rings (SSSR count). The Morgan fingerprint density at radius 3 is 2.46 bits per heavy atom. The first-order valence-electron chi connectivity index (χ1n) is 10.3. The number of aliphatic imine (C=N–C) groups is 1. The van der Waals surface area contributed by atoms with Gasteiger partial charge >= 0.3 is 0 Å². The Morgan fingerprint density at radius 1 is 1.15 bits per heavy atom. The highest BCUT2D eigenvalue weighted by Crippen LogP contribution is 2.00. The third-order valence-corrected chi connectivity index (χ3v) is 4.74. The largest absolute Gasteiger partial charge is 0.379 e. The Labute approximate surface area is 178 Å². The topological polar surface area (TPSA) is 52.1 Å². The van der Waals surface area contributed by atoms with Crippen LogP contribution in [0.15, 0.2) is 4.99 Å². The summed E-state index contributed by atoms with van der Waals surface area (Å²) in [6, 6.07) is 0.451. The number of morpholine rings is 1. The van der Waals surface area contributed by atoms with Gasteiger partial charge in [0.1, 0.15) is 0 Å². The SMILES string of the molecule is CCNC(=NCCCN1CCOCC1)NC(C)CCCN(CC)CC.I. The molecule has 0 aliphatic carbocycles. The van der Waals surface area contributed by atoms with Gasteiger partial charge in [0, 0.05) is 38.8 Å². The predicted octanol–water partition coefficient (Wildman–Crippen LogP) is 2.39. The van der Waals surface area contributed by atoms with Crippen molar-refractivity contribution in [3.63, 3.8) is 0 Å². The van der Waals surface area contributed by atoms with Gasteiger partial charge in [0.25, 0.3) is 0 Å². The van der Waals surface area contributed by atoms with Gasteiger partial charge in [-0.2, -0.15) is 0 Å². The summed E-state index contributed by atoms with van der Waals surface area (Å²) in [5.74, 6) is 0.958. The zero-order valence-electron chi connectivity index (χ0n) is 17.4. The monoisotopic (exact) mass is 483 g/mol. The van der Waals surface area contributed by atoms with Crippen molar-refractivity contribution in [3.05, 3.63) is 0 Å². The predicted molar refractivity (Wildman–Crippen MR) is 123 cm³/mol. The van der Waals surface area contributed by atoms with E-state index in [1.54, 1.807) is 0 Å². The van der Waals surface area contributed by atoms with Crippen molar-refractivity contribution in [1.29, 1.82) is 0 Å². The highest BCUT2D eigenvalue weighted by Gasteiger charge is 2.09. The number of hydrogen-bond acceptors (Lipinski definition) is 4. The van der Waals surface area contributed by atoms with Crippen molar-refractivity contribution < 1.29 is 4.74 Å². The molecule has 156 valence electrons. The van der Waals surface area contributed by atoms with Gasteiger partial charge in [-0.3, -0.25) is 9.89 Å². The van der Waals surface area contributed by atoms with Gasteiger partial charge in [-0.25, -0.2) is 0 Å². The second kappa shape index (κ2) is 17.0. The second-order valence-electron chi connectivity index (χ2n) is 6.78. The summed E-state index contributed by atoms with van der Waals surface area (Å²) in [5.41, 5.74) is 0. The maximum atomic E-state index is 5.39. The Bertz CT molecular complexity index is 347. The highest BCUT2D eigenvalue weighted by atomic mass is 127. The van der Waals surface area contributed by atoms with Crippen molar-refractivity contribution in [1.82, 2.24) is 20.4 Å². The Balaban J connectivity index is 0.00000625. The summed E-state index contributed by atoms with van der Waals surface area (Å²) in [7, 11) is 0. The molecule has 2 N–H and O–H groups in total. The van der Waals surface area contributed by atoms with Crippen LogP contribution in [0.1, 0.15) is 47.0 Å². The van der Waals surface area contributed by atoms with E-state index < -0.39 is 0 Å². The molecule has 0 aromatic carbocycles. The summed E-state index contributed by atoms with van der Waals surface area (Å²) in [4.78, 5) is 9.69. The first-order chi connectivity index (χ1) is 12.2. The van der Waals surface area contributed by atoms with Crippen molar-refractivity contribution in [2.45, 2.75) is 53.0 Å². The average molecular weight is 483 g/mol. The third kappa shape index (κ3) is 12.3. The lowest BCUT2D eigenvalue weighted by atomic mass is 10.2. The molecular weight excluding hydrogens is 441 g/mol. The lowest BCUT2D eigenvalue weighted by molar-refractivity contribution is 0.0377. The lowest BCUT2D eigenvalue weighted by Crippen LogP contribution is -2.42. The van der Waals surface area contributed by atoms with Crippen molar-refractivity contribution in [2.75, 3.05) is 65.6 Å². The summed E-state index contributed by atoms with van der Waals surface area (Å²) < 4.78 is 5.39. The number of nitrogens with one attached hydrogen (secondary N) is 2. The zero-order valence-corrected chi connectivity index (χ0v) is 19.8. The van der Waals surface area contributed by atoms with E-state index in [0.717, 1.165) is 71.4 Å². The quantitative estimate of drug-likeness (QED) is 0.193. The molecule has 1 unspecified atom stereocenters. The van der Waals surface area contributed by atoms with E-state index in [1.165, 1.54) is 19.4 Å². The van der Waals surface area contributed by atoms with Crippen LogP contribution >= 0.6 is 24.0 Å². The van der Waals surface area contributed by atoms with Gasteiger partial charge in [-0.15, -0.1) is 24.0 Å². The fourth-order valence-corrected chi connectivity index (χ4v) is 3.10. The van der Waals surface area contributed by atoms with Crippen LogP contribution in [-0.2, 0) is 4.74 Å². The Morgan fingerprint density at radius 2 is 1.85 bits per heavy atom. The number of guanidine groups is 1. The number of nitrogens with zero attached hydrogens (tertiary/aromatic N) is 3. The van der Waals surface area contributed by atoms with Crippen LogP contribution in [0.25, 0.3) is 0 Å². The van der Waals surface area contributed by atoms with Crippen LogP contribution in [0.2, 0.25) is 0 Å². The summed E-state index contributed by atoms with van der Waals surface area (Å²) in [6.45, 7) is 19.1. The average Bonchev–Trinajstić information content (AvgIpc) is 2.63. The molecule has 1 saturated heterocycles. The molecule has 1 aliphatic rings. The number of hydrogen-bond donors (Lipinski definition) is 2. The first kappa shape index (κ1) is 25.9. The molecule has 1 heterocycles. The molecule has 1 atom stereocenters. The number of halogens is 1. The molecule has 0 aromatic heterocycles. The highest BCUT2D eigenvalue weighted by molar-refractivity contribution is 14.0. The maximum Gasteiger partial charge on any atom is 0.191 e. The molecule has 7 heteroatoms. The van der Waals surface area contributed by atoms with Crippen molar-refractivity contribution in [2.24, 2.45) is 4.99 Å². The fraction of sp³-hybridized carbons (Fsp3) is 0.947. The molecule has 0 amide bonds. The van der Waals surface area contributed by atoms with Gasteiger partial charge in [-0.05, 0) is 52.7 Å². The number of rotatable bonds is 12. The molecule has 0 spiro atoms. The first-order valence-corrected chi connectivity index (χ1v) is 10.3. The number of ether oxygens (including phenoxy) is 1. The van der Waals surface area contributed by atoms with Crippen LogP contribution in [0.5, 0.6) is 0 Å². The van der Waals surface area contributed by atoms with E-state index in [9.17, 15) is 0 Å². The van der Waals surface area contributed by atoms with E-state index in [2.05, 4.69) is 48.1 Å². The standard InChI is InChI=1S/C19H41N5O.HI/c1-5-20-19(21-11-9-13-24-14-16-25-17-15-24)22-18(4)10-8-12-23(6-2)7-3;/h18H,5-17H2,1-4H3,(H2,20,21,22);1H. The maximum absolute atomic E-state index is 5.39. The Kier molecular flexibility index (Phi) is 16.9. The third-order valence-electron chi connectivity index (χ3n) is 4.74. The van der Waals surface area contributed by atoms with Crippen LogP contribution < -0.4 is 10.6 Å². The molecule has 0 bridgehead atoms. The smallest absolute Gasteiger partial charge is 0.191 e. The van der Waals surface area contributed by atoms with E-state index >= 15 is 0 Å². The molecule has 0 saturated carbocycles. The van der Waals surface area contributed by atoms with Crippen molar-refractivity contribution >= 4 is 29.9 Å². The van der Waals surface area contributed by atoms with Gasteiger partial charge < -0.3 is 20.3 Å². The summed E-state index contributed by atoms with van der Waals surface area (Å²) >= 11 is 0. The molecule has 1 fully saturated rings. The minimum absolute atomic E-state index is 0. The van der Waals surface area contributed by atoms with Gasteiger partial charge in [0.2, 0.25) is 0 Å². The van der Waals surface area contributed by atoms with E-state index in [0.29, 0.717) is 6.04 Å².